The summed E-state index contributed by atoms with van der Waals surface area (Å²) in [6.07, 6.45) is 2.60. The van der Waals surface area contributed by atoms with Gasteiger partial charge in [0.1, 0.15) is 0 Å². The van der Waals surface area contributed by atoms with Crippen LogP contribution >= 0.6 is 0 Å². The van der Waals surface area contributed by atoms with Gasteiger partial charge in [0, 0.05) is 17.9 Å². The van der Waals surface area contributed by atoms with Crippen molar-refractivity contribution in [2.75, 3.05) is 6.61 Å². The van der Waals surface area contributed by atoms with Crippen molar-refractivity contribution in [1.29, 1.82) is 0 Å². The topological polar surface area (TPSA) is 138 Å². The summed E-state index contributed by atoms with van der Waals surface area (Å²) in [7, 11) is 0. The van der Waals surface area contributed by atoms with Gasteiger partial charge in [0.2, 0.25) is 0 Å². The summed E-state index contributed by atoms with van der Waals surface area (Å²) < 4.78 is 0. The van der Waals surface area contributed by atoms with Crippen LogP contribution in [0, 0.1) is 40.4 Å². The Bertz CT molecular complexity index is 883. The second-order valence-corrected chi connectivity index (χ2v) is 13.6. The van der Waals surface area contributed by atoms with Gasteiger partial charge < -0.3 is 30.6 Å². The highest BCUT2D eigenvalue weighted by molar-refractivity contribution is 5.95. The third-order valence-corrected chi connectivity index (χ3v) is 11.5. The van der Waals surface area contributed by atoms with Gasteiger partial charge in [-0.1, -0.05) is 27.7 Å². The Morgan fingerprint density at radius 3 is 2.39 bits per heavy atom. The van der Waals surface area contributed by atoms with Gasteiger partial charge in [0.15, 0.2) is 5.78 Å². The van der Waals surface area contributed by atoms with Crippen molar-refractivity contribution < 1.29 is 35.4 Å². The lowest BCUT2D eigenvalue weighted by Gasteiger charge is -2.60. The van der Waals surface area contributed by atoms with E-state index in [9.17, 15) is 35.4 Å². The predicted octanol–water partition coefficient (Wildman–Crippen LogP) is 2.35. The molecule has 0 aliphatic heterocycles. The lowest BCUT2D eigenvalue weighted by molar-refractivity contribution is -0.177. The van der Waals surface area contributed by atoms with E-state index in [0.29, 0.717) is 38.5 Å². The smallest absolute Gasteiger partial charge is 0.159 e. The average molecular weight is 509 g/mol. The second kappa shape index (κ2) is 9.42. The number of aliphatic hydroxyl groups excluding tert-OH is 4. The first-order valence-electron chi connectivity index (χ1n) is 14.0. The molecule has 3 saturated carbocycles. The largest absolute Gasteiger partial charge is 0.396 e. The van der Waals surface area contributed by atoms with Crippen molar-refractivity contribution in [2.45, 2.75) is 115 Å². The van der Waals surface area contributed by atoms with Crippen LogP contribution in [0.5, 0.6) is 0 Å². The molecule has 0 amide bonds. The Hall–Kier alpha value is -0.830. The van der Waals surface area contributed by atoms with E-state index in [1.807, 2.05) is 13.8 Å². The van der Waals surface area contributed by atoms with Gasteiger partial charge in [-0.15, -0.1) is 0 Å². The number of aliphatic hydroxyl groups is 6. The number of rotatable bonds is 7. The first kappa shape index (κ1) is 28.2. The lowest BCUT2D eigenvalue weighted by Crippen LogP contribution is -2.63. The van der Waals surface area contributed by atoms with Crippen LogP contribution in [0.2, 0.25) is 0 Å². The molecule has 0 spiro atoms. The first-order valence-corrected chi connectivity index (χ1v) is 14.0. The van der Waals surface area contributed by atoms with Crippen molar-refractivity contribution in [3.8, 4) is 0 Å². The Labute approximate surface area is 215 Å². The van der Waals surface area contributed by atoms with Crippen LogP contribution in [0.25, 0.3) is 0 Å². The van der Waals surface area contributed by atoms with E-state index in [-0.39, 0.29) is 48.4 Å². The molecule has 36 heavy (non-hydrogen) atoms. The molecule has 11 atom stereocenters. The molecule has 7 nitrogen and oxygen atoms in total. The Morgan fingerprint density at radius 2 is 1.78 bits per heavy atom. The minimum absolute atomic E-state index is 0.0354. The average Bonchev–Trinajstić information content (AvgIpc) is 3.07. The maximum absolute atomic E-state index is 13.3. The van der Waals surface area contributed by atoms with Crippen molar-refractivity contribution in [3.63, 3.8) is 0 Å². The summed E-state index contributed by atoms with van der Waals surface area (Å²) in [6, 6.07) is 0. The van der Waals surface area contributed by atoms with Crippen molar-refractivity contribution >= 4 is 5.78 Å². The molecule has 0 aromatic heterocycles. The van der Waals surface area contributed by atoms with Crippen LogP contribution in [0.4, 0.5) is 0 Å². The zero-order valence-corrected chi connectivity index (χ0v) is 22.7. The fourth-order valence-electron chi connectivity index (χ4n) is 8.95. The fourth-order valence-corrected chi connectivity index (χ4v) is 8.95. The Kier molecular flexibility index (Phi) is 7.38. The normalized spacial score (nSPS) is 45.8. The number of fused-ring (bicyclic) bond motifs is 5. The quantitative estimate of drug-likeness (QED) is 0.310. The third-order valence-electron chi connectivity index (χ3n) is 11.5. The molecule has 3 fully saturated rings. The van der Waals surface area contributed by atoms with Crippen LogP contribution in [0.15, 0.2) is 11.6 Å². The van der Waals surface area contributed by atoms with Crippen molar-refractivity contribution in [3.05, 3.63) is 11.6 Å². The van der Waals surface area contributed by atoms with E-state index in [1.54, 1.807) is 13.0 Å². The molecule has 7 heteroatoms. The maximum Gasteiger partial charge on any atom is 0.159 e. The zero-order chi connectivity index (χ0) is 26.8. The molecule has 4 rings (SSSR count). The summed E-state index contributed by atoms with van der Waals surface area (Å²) in [5.74, 6) is -0.586. The molecule has 6 N–H and O–H groups in total. The monoisotopic (exact) mass is 508 g/mol. The summed E-state index contributed by atoms with van der Waals surface area (Å²) in [5, 5.41) is 65.6. The van der Waals surface area contributed by atoms with Crippen LogP contribution in [-0.4, -0.2) is 72.5 Å². The predicted molar refractivity (Wildman–Crippen MR) is 136 cm³/mol. The fraction of sp³-hybridized carbons (Fsp3) is 0.897. The molecule has 0 aromatic rings. The minimum Gasteiger partial charge on any atom is -0.396 e. The number of hydrogen-bond acceptors (Lipinski definition) is 7. The minimum atomic E-state index is -1.44. The number of allylic oxidation sites excluding steroid dienone is 1. The SMILES string of the molecule is CC(C)C(CCO)CC(O)C(C)(O)C1CCC2(O)C3=CC(=O)C4CC(O)C(O)CC4(C)C3CCC12C. The van der Waals surface area contributed by atoms with Gasteiger partial charge in [-0.05, 0) is 99.0 Å². The molecule has 11 unspecified atom stereocenters. The van der Waals surface area contributed by atoms with Gasteiger partial charge in [-0.2, -0.15) is 0 Å². The van der Waals surface area contributed by atoms with Gasteiger partial charge in [0.25, 0.3) is 0 Å². The summed E-state index contributed by atoms with van der Waals surface area (Å²) in [6.45, 7) is 9.84. The van der Waals surface area contributed by atoms with Gasteiger partial charge in [0.05, 0.1) is 29.5 Å². The number of hydrogen-bond donors (Lipinski definition) is 6. The Balaban J connectivity index is 1.65. The van der Waals surface area contributed by atoms with Crippen LogP contribution in [-0.2, 0) is 4.79 Å². The molecule has 4 aliphatic carbocycles. The molecular weight excluding hydrogens is 460 g/mol. The van der Waals surface area contributed by atoms with Crippen LogP contribution in [0.1, 0.15) is 86.0 Å². The highest BCUT2D eigenvalue weighted by Crippen LogP contribution is 2.68. The van der Waals surface area contributed by atoms with E-state index in [0.717, 1.165) is 12.0 Å². The van der Waals surface area contributed by atoms with E-state index in [2.05, 4.69) is 13.8 Å². The number of ketones is 1. The number of carbonyl (C=O) groups excluding carboxylic acids is 1. The van der Waals surface area contributed by atoms with Gasteiger partial charge >= 0.3 is 0 Å². The third kappa shape index (κ3) is 4.04. The van der Waals surface area contributed by atoms with Gasteiger partial charge in [-0.25, -0.2) is 0 Å². The van der Waals surface area contributed by atoms with E-state index < -0.39 is 40.3 Å². The van der Waals surface area contributed by atoms with E-state index in [4.69, 9.17) is 0 Å². The van der Waals surface area contributed by atoms with Crippen molar-refractivity contribution in [1.82, 2.24) is 0 Å². The van der Waals surface area contributed by atoms with Gasteiger partial charge in [-0.3, -0.25) is 4.79 Å². The second-order valence-electron chi connectivity index (χ2n) is 13.6. The molecule has 0 aromatic carbocycles. The summed E-state index contributed by atoms with van der Waals surface area (Å²) in [5.41, 5.74) is -3.26. The lowest BCUT2D eigenvalue weighted by atomic mass is 9.45. The molecule has 0 bridgehead atoms. The van der Waals surface area contributed by atoms with Crippen LogP contribution < -0.4 is 0 Å². The highest BCUT2D eigenvalue weighted by Gasteiger charge is 2.69. The highest BCUT2D eigenvalue weighted by atomic mass is 16.3. The molecule has 0 radical (unpaired) electrons. The molecule has 0 heterocycles. The Morgan fingerprint density at radius 1 is 1.11 bits per heavy atom. The molecular formula is C29H48O7. The summed E-state index contributed by atoms with van der Waals surface area (Å²) >= 11 is 0. The van der Waals surface area contributed by atoms with E-state index in [1.165, 1.54) is 0 Å². The standard InChI is InChI=1S/C29H48O7/c1-16(2)17(8-11-30)12-25(34)28(5,35)24-7-10-29(36)19-13-21(31)20-14-22(32)23(33)15-26(20,3)18(19)6-9-27(24,29)4/h13,16-18,20,22-25,30,32-36H,6-12,14-15H2,1-5H3. The molecule has 206 valence electrons. The first-order chi connectivity index (χ1) is 16.6. The summed E-state index contributed by atoms with van der Waals surface area (Å²) in [4.78, 5) is 13.3. The maximum atomic E-state index is 13.3. The van der Waals surface area contributed by atoms with E-state index >= 15 is 0 Å². The van der Waals surface area contributed by atoms with Crippen molar-refractivity contribution in [2.24, 2.45) is 40.4 Å². The zero-order valence-electron chi connectivity index (χ0n) is 22.7. The molecule has 4 aliphatic rings. The van der Waals surface area contributed by atoms with Crippen LogP contribution in [0.3, 0.4) is 0 Å². The number of carbonyl (C=O) groups is 1. The molecule has 0 saturated heterocycles.